The fourth-order valence-corrected chi connectivity index (χ4v) is 4.19. The minimum Gasteiger partial charge on any atom is -0.317 e. The Morgan fingerprint density at radius 2 is 1.89 bits per heavy atom. The quantitative estimate of drug-likeness (QED) is 0.583. The number of amides is 1. The van der Waals surface area contributed by atoms with Gasteiger partial charge in [0.2, 0.25) is 5.91 Å². The third-order valence-corrected chi connectivity index (χ3v) is 5.63. The maximum Gasteiger partial charge on any atom is 0.225 e. The van der Waals surface area contributed by atoms with Crippen molar-refractivity contribution in [1.29, 1.82) is 0 Å². The van der Waals surface area contributed by atoms with Gasteiger partial charge in [0.15, 0.2) is 5.82 Å². The van der Waals surface area contributed by atoms with Crippen LogP contribution in [0.5, 0.6) is 0 Å². The van der Waals surface area contributed by atoms with Crippen LogP contribution in [0.1, 0.15) is 19.3 Å². The first-order valence-corrected chi connectivity index (χ1v) is 9.80. The van der Waals surface area contributed by atoms with E-state index in [1.807, 2.05) is 36.4 Å². The van der Waals surface area contributed by atoms with E-state index >= 15 is 0 Å². The van der Waals surface area contributed by atoms with E-state index in [-0.39, 0.29) is 5.91 Å². The normalized spacial score (nSPS) is 15.2. The van der Waals surface area contributed by atoms with Gasteiger partial charge in [0.1, 0.15) is 0 Å². The van der Waals surface area contributed by atoms with E-state index in [0.717, 1.165) is 48.0 Å². The molecule has 0 unspecified atom stereocenters. The van der Waals surface area contributed by atoms with Crippen LogP contribution in [0, 0.1) is 5.92 Å². The summed E-state index contributed by atoms with van der Waals surface area (Å²) < 4.78 is 0. The van der Waals surface area contributed by atoms with Gasteiger partial charge in [-0.05, 0) is 61.7 Å². The van der Waals surface area contributed by atoms with Gasteiger partial charge < -0.3 is 10.6 Å². The lowest BCUT2D eigenvalue weighted by Crippen LogP contribution is -2.30. The zero-order valence-corrected chi connectivity index (χ0v) is 16.2. The van der Waals surface area contributed by atoms with Crippen LogP contribution in [0.15, 0.2) is 36.4 Å². The molecule has 1 amide bonds. The van der Waals surface area contributed by atoms with Crippen LogP contribution in [0.25, 0.3) is 22.0 Å². The first-order valence-electron chi connectivity index (χ1n) is 9.05. The molecule has 5 nitrogen and oxygen atoms in total. The van der Waals surface area contributed by atoms with E-state index in [1.165, 1.54) is 0 Å². The number of anilines is 1. The van der Waals surface area contributed by atoms with E-state index < -0.39 is 0 Å². The smallest absolute Gasteiger partial charge is 0.225 e. The Hall–Kier alpha value is -2.08. The number of carbonyl (C=O) groups excluding carboxylic acids is 1. The standard InChI is InChI=1S/C20H20Cl2N4O/c21-15-2-1-3-16(22)19(15)13-4-5-17-14(11-13)20(26-25-17)24-18(27)10-12-6-8-23-9-7-12/h1-5,11-12,23H,6-10H2,(H2,24,25,26,27). The Labute approximate surface area is 167 Å². The summed E-state index contributed by atoms with van der Waals surface area (Å²) in [4.78, 5) is 12.5. The summed E-state index contributed by atoms with van der Waals surface area (Å²) in [6.45, 7) is 1.95. The molecule has 0 radical (unpaired) electrons. The molecule has 0 aliphatic carbocycles. The number of halogens is 2. The molecule has 1 fully saturated rings. The molecular weight excluding hydrogens is 383 g/mol. The summed E-state index contributed by atoms with van der Waals surface area (Å²) in [5, 5.41) is 15.5. The lowest BCUT2D eigenvalue weighted by Gasteiger charge is -2.21. The molecule has 1 aliphatic heterocycles. The number of aromatic nitrogens is 2. The van der Waals surface area contributed by atoms with E-state index in [9.17, 15) is 4.79 Å². The van der Waals surface area contributed by atoms with Crippen LogP contribution in [-0.4, -0.2) is 29.2 Å². The van der Waals surface area contributed by atoms with Crippen molar-refractivity contribution in [1.82, 2.24) is 15.5 Å². The number of aromatic amines is 1. The lowest BCUT2D eigenvalue weighted by molar-refractivity contribution is -0.117. The molecule has 3 N–H and O–H groups in total. The van der Waals surface area contributed by atoms with Crippen LogP contribution in [-0.2, 0) is 4.79 Å². The molecule has 4 rings (SSSR count). The molecule has 140 valence electrons. The largest absolute Gasteiger partial charge is 0.317 e. The number of H-pyrrole nitrogens is 1. The Kier molecular flexibility index (Phi) is 5.34. The number of nitrogens with one attached hydrogen (secondary N) is 3. The highest BCUT2D eigenvalue weighted by Crippen LogP contribution is 2.36. The zero-order chi connectivity index (χ0) is 18.8. The average Bonchev–Trinajstić information content (AvgIpc) is 3.04. The minimum atomic E-state index is -0.00326. The van der Waals surface area contributed by atoms with E-state index in [4.69, 9.17) is 23.2 Å². The first kappa shape index (κ1) is 18.3. The molecule has 0 saturated carbocycles. The summed E-state index contributed by atoms with van der Waals surface area (Å²) in [5.74, 6) is 0.958. The fraction of sp³-hybridized carbons (Fsp3) is 0.300. The molecular formula is C20H20Cl2N4O. The maximum absolute atomic E-state index is 12.5. The zero-order valence-electron chi connectivity index (χ0n) is 14.7. The highest BCUT2D eigenvalue weighted by atomic mass is 35.5. The van der Waals surface area contributed by atoms with Crippen molar-refractivity contribution in [2.45, 2.75) is 19.3 Å². The van der Waals surface area contributed by atoms with Crippen molar-refractivity contribution >= 4 is 45.8 Å². The van der Waals surface area contributed by atoms with E-state index in [1.54, 1.807) is 0 Å². The Bertz CT molecular complexity index is 959. The molecule has 7 heteroatoms. The van der Waals surface area contributed by atoms with Gasteiger partial charge in [0.25, 0.3) is 0 Å². The molecule has 27 heavy (non-hydrogen) atoms. The Balaban J connectivity index is 1.60. The van der Waals surface area contributed by atoms with Gasteiger partial charge in [-0.2, -0.15) is 5.10 Å². The number of fused-ring (bicyclic) bond motifs is 1. The number of nitrogens with zero attached hydrogens (tertiary/aromatic N) is 1. The fourth-order valence-electron chi connectivity index (χ4n) is 3.57. The van der Waals surface area contributed by atoms with Crippen molar-refractivity contribution in [2.75, 3.05) is 18.4 Å². The summed E-state index contributed by atoms with van der Waals surface area (Å²) >= 11 is 12.7. The molecule has 2 aromatic carbocycles. The van der Waals surface area contributed by atoms with Crippen molar-refractivity contribution < 1.29 is 4.79 Å². The molecule has 3 aromatic rings. The van der Waals surface area contributed by atoms with Gasteiger partial charge in [-0.25, -0.2) is 0 Å². The monoisotopic (exact) mass is 402 g/mol. The first-order chi connectivity index (χ1) is 13.1. The second-order valence-electron chi connectivity index (χ2n) is 6.87. The number of rotatable bonds is 4. The van der Waals surface area contributed by atoms with Gasteiger partial charge in [0.05, 0.1) is 5.52 Å². The second kappa shape index (κ2) is 7.89. The van der Waals surface area contributed by atoms with Crippen molar-refractivity contribution in [3.8, 4) is 11.1 Å². The number of hydrogen-bond donors (Lipinski definition) is 3. The number of hydrogen-bond acceptors (Lipinski definition) is 3. The molecule has 2 heterocycles. The van der Waals surface area contributed by atoms with Crippen LogP contribution in [0.4, 0.5) is 5.82 Å². The van der Waals surface area contributed by atoms with E-state index in [2.05, 4.69) is 20.8 Å². The highest BCUT2D eigenvalue weighted by molar-refractivity contribution is 6.39. The maximum atomic E-state index is 12.5. The number of benzene rings is 2. The summed E-state index contributed by atoms with van der Waals surface area (Å²) in [7, 11) is 0. The highest BCUT2D eigenvalue weighted by Gasteiger charge is 2.18. The van der Waals surface area contributed by atoms with Gasteiger partial charge in [-0.1, -0.05) is 35.3 Å². The minimum absolute atomic E-state index is 0.00326. The van der Waals surface area contributed by atoms with Crippen molar-refractivity contribution in [2.24, 2.45) is 5.92 Å². The summed E-state index contributed by atoms with van der Waals surface area (Å²) in [6, 6.07) is 11.2. The van der Waals surface area contributed by atoms with Gasteiger partial charge in [0, 0.05) is 27.4 Å². The molecule has 0 spiro atoms. The average molecular weight is 403 g/mol. The topological polar surface area (TPSA) is 69.8 Å². The number of carbonyl (C=O) groups is 1. The molecule has 0 atom stereocenters. The van der Waals surface area contributed by atoms with Gasteiger partial charge in [-0.15, -0.1) is 0 Å². The molecule has 1 aliphatic rings. The summed E-state index contributed by atoms with van der Waals surface area (Å²) in [5.41, 5.74) is 2.50. The summed E-state index contributed by atoms with van der Waals surface area (Å²) in [6.07, 6.45) is 2.58. The van der Waals surface area contributed by atoms with Crippen molar-refractivity contribution in [3.05, 3.63) is 46.4 Å². The Morgan fingerprint density at radius 3 is 2.63 bits per heavy atom. The van der Waals surface area contributed by atoms with Crippen LogP contribution < -0.4 is 10.6 Å². The van der Waals surface area contributed by atoms with Crippen LogP contribution in [0.2, 0.25) is 10.0 Å². The SMILES string of the molecule is O=C(CC1CCNCC1)Nc1n[nH]c2ccc(-c3c(Cl)cccc3Cl)cc12. The predicted octanol–water partition coefficient (Wildman–Crippen LogP) is 4.86. The van der Waals surface area contributed by atoms with Crippen molar-refractivity contribution in [3.63, 3.8) is 0 Å². The Morgan fingerprint density at radius 1 is 1.15 bits per heavy atom. The van der Waals surface area contributed by atoms with Crippen LogP contribution >= 0.6 is 23.2 Å². The third-order valence-electron chi connectivity index (χ3n) is 5.00. The molecule has 1 aromatic heterocycles. The van der Waals surface area contributed by atoms with Gasteiger partial charge >= 0.3 is 0 Å². The predicted molar refractivity (Wildman–Crippen MR) is 110 cm³/mol. The number of piperidine rings is 1. The lowest BCUT2D eigenvalue weighted by atomic mass is 9.94. The second-order valence-corrected chi connectivity index (χ2v) is 7.69. The third kappa shape index (κ3) is 3.95. The van der Waals surface area contributed by atoms with E-state index in [0.29, 0.717) is 28.2 Å². The molecule has 0 bridgehead atoms. The molecule has 1 saturated heterocycles. The van der Waals surface area contributed by atoms with Crippen LogP contribution in [0.3, 0.4) is 0 Å². The van der Waals surface area contributed by atoms with Gasteiger partial charge in [-0.3, -0.25) is 9.89 Å².